The van der Waals surface area contributed by atoms with E-state index in [-0.39, 0.29) is 27.1 Å². The molecule has 4 aliphatic heterocycles. The Balaban J connectivity index is 0.000000300. The van der Waals surface area contributed by atoms with Gasteiger partial charge in [-0.05, 0) is 56.2 Å². The average molecular weight is 944 g/mol. The predicted octanol–water partition coefficient (Wildman–Crippen LogP) is 7.85. The third-order valence-electron chi connectivity index (χ3n) is 10.3. The number of nitrogens with one attached hydrogen (secondary N) is 1. The number of rotatable bonds is 7. The first-order valence-corrected chi connectivity index (χ1v) is 20.5. The van der Waals surface area contributed by atoms with Gasteiger partial charge in [-0.15, -0.1) is 0 Å². The van der Waals surface area contributed by atoms with E-state index in [0.717, 1.165) is 86.7 Å². The zero-order valence-corrected chi connectivity index (χ0v) is 35.6. The van der Waals surface area contributed by atoms with E-state index in [4.69, 9.17) is 37.8 Å². The zero-order chi connectivity index (χ0) is 45.1. The molecule has 0 bridgehead atoms. The highest BCUT2D eigenvalue weighted by Crippen LogP contribution is 2.36. The van der Waals surface area contributed by atoms with Crippen molar-refractivity contribution in [2.45, 2.75) is 84.1 Å². The second kappa shape index (κ2) is 23.8. The topological polar surface area (TPSA) is 93.2 Å². The Morgan fingerprint density at radius 2 is 1.18 bits per heavy atom. The standard InChI is InChI=1S/C20H24ClF6N3O3.C16H24ClN3O.C3H5F3O.CH4/c1-13-11-28(4-5-30(13)18(31)33-17(19(22,23)24)20(25,26)27)12-14-2-3-15(10-16(14)21)29-6-8-32-9-7-29;1-13-11-19(5-4-18-13)12-14-2-3-15(10-16(14)17)20-6-8-21-9-7-20;1-2(7)3(4,5)6;/h2-3,10,13,17H,4-9,11-12H2,1H3;2-3,10,13,18H,4-9,11-12H2,1H3;2,7H,1H3;1H4/t2*13-;;/m00../s1. The number of hydrogen-bond donors (Lipinski definition) is 2. The van der Waals surface area contributed by atoms with Gasteiger partial charge in [0.15, 0.2) is 0 Å². The van der Waals surface area contributed by atoms with Crippen LogP contribution in [0.2, 0.25) is 10.0 Å². The van der Waals surface area contributed by atoms with Crippen LogP contribution in [0.25, 0.3) is 0 Å². The second-order valence-corrected chi connectivity index (χ2v) is 16.0. The number of hydrogen-bond acceptors (Lipinski definition) is 10. The number of nitrogens with zero attached hydrogens (tertiary/aromatic N) is 5. The quantitative estimate of drug-likeness (QED) is 0.268. The Bertz CT molecular complexity index is 1670. The maximum absolute atomic E-state index is 12.7. The molecular formula is C40H57Cl2F9N6O5. The highest BCUT2D eigenvalue weighted by molar-refractivity contribution is 6.32. The third-order valence-corrected chi connectivity index (χ3v) is 11.0. The van der Waals surface area contributed by atoms with Crippen LogP contribution in [0.1, 0.15) is 39.3 Å². The molecule has 354 valence electrons. The van der Waals surface area contributed by atoms with Gasteiger partial charge in [0.25, 0.3) is 6.10 Å². The molecule has 3 atom stereocenters. The third kappa shape index (κ3) is 16.5. The van der Waals surface area contributed by atoms with Crippen LogP contribution in [0, 0.1) is 0 Å². The van der Waals surface area contributed by atoms with E-state index in [9.17, 15) is 44.3 Å². The number of anilines is 2. The number of alkyl halides is 9. The highest BCUT2D eigenvalue weighted by atomic mass is 35.5. The molecule has 22 heteroatoms. The van der Waals surface area contributed by atoms with Crippen molar-refractivity contribution in [3.63, 3.8) is 0 Å². The van der Waals surface area contributed by atoms with E-state index in [1.807, 2.05) is 23.1 Å². The van der Waals surface area contributed by atoms with Crippen LogP contribution in [-0.4, -0.2) is 161 Å². The van der Waals surface area contributed by atoms with Gasteiger partial charge in [-0.3, -0.25) is 9.80 Å². The molecule has 4 heterocycles. The summed E-state index contributed by atoms with van der Waals surface area (Å²) in [6, 6.07) is 12.1. The van der Waals surface area contributed by atoms with E-state index < -0.39 is 42.9 Å². The summed E-state index contributed by atoms with van der Waals surface area (Å²) in [5, 5.41) is 12.7. The number of halogens is 11. The molecule has 11 nitrogen and oxygen atoms in total. The molecule has 0 aliphatic carbocycles. The van der Waals surface area contributed by atoms with Gasteiger partial charge in [0.2, 0.25) is 0 Å². The van der Waals surface area contributed by atoms with Crippen LogP contribution < -0.4 is 15.1 Å². The summed E-state index contributed by atoms with van der Waals surface area (Å²) in [6.07, 6.45) is -23.9. The number of piperazine rings is 2. The molecule has 2 aromatic carbocycles. The van der Waals surface area contributed by atoms with Crippen molar-refractivity contribution < 1.29 is 63.6 Å². The first-order chi connectivity index (χ1) is 28.5. The fourth-order valence-electron chi connectivity index (χ4n) is 6.94. The minimum Gasteiger partial charge on any atom is -0.426 e. The zero-order valence-electron chi connectivity index (χ0n) is 34.1. The van der Waals surface area contributed by atoms with E-state index in [1.54, 1.807) is 0 Å². The van der Waals surface area contributed by atoms with Gasteiger partial charge in [0, 0.05) is 112 Å². The number of aliphatic hydroxyl groups is 1. The van der Waals surface area contributed by atoms with E-state index in [2.05, 4.69) is 49.9 Å². The summed E-state index contributed by atoms with van der Waals surface area (Å²) >= 11 is 12.9. The number of ether oxygens (including phenoxy) is 3. The Kier molecular flexibility index (Phi) is 20.5. The largest absolute Gasteiger partial charge is 0.434 e. The van der Waals surface area contributed by atoms with Crippen molar-refractivity contribution in [2.75, 3.05) is 102 Å². The smallest absolute Gasteiger partial charge is 0.426 e. The number of benzene rings is 2. The maximum Gasteiger partial charge on any atom is 0.434 e. The monoisotopic (exact) mass is 942 g/mol. The van der Waals surface area contributed by atoms with E-state index in [1.165, 1.54) is 18.2 Å². The second-order valence-electron chi connectivity index (χ2n) is 15.2. The number of aliphatic hydroxyl groups excluding tert-OH is 1. The first-order valence-electron chi connectivity index (χ1n) is 19.8. The van der Waals surface area contributed by atoms with Gasteiger partial charge in [-0.2, -0.15) is 39.5 Å². The molecule has 0 aromatic heterocycles. The van der Waals surface area contributed by atoms with Gasteiger partial charge >= 0.3 is 24.6 Å². The Hall–Kier alpha value is -2.98. The molecule has 6 rings (SSSR count). The molecule has 4 saturated heterocycles. The summed E-state index contributed by atoms with van der Waals surface area (Å²) in [7, 11) is 0. The number of carbonyl (C=O) groups is 1. The van der Waals surface area contributed by atoms with Gasteiger partial charge in [-0.25, -0.2) is 4.79 Å². The van der Waals surface area contributed by atoms with Crippen molar-refractivity contribution in [1.82, 2.24) is 20.0 Å². The number of amides is 1. The molecule has 0 spiro atoms. The van der Waals surface area contributed by atoms with Gasteiger partial charge < -0.3 is 39.3 Å². The lowest BCUT2D eigenvalue weighted by Crippen LogP contribution is -2.56. The highest BCUT2D eigenvalue weighted by Gasteiger charge is 2.60. The van der Waals surface area contributed by atoms with Crippen molar-refractivity contribution in [3.8, 4) is 0 Å². The molecule has 4 aliphatic rings. The van der Waals surface area contributed by atoms with Crippen LogP contribution in [0.3, 0.4) is 0 Å². The molecule has 1 unspecified atom stereocenters. The fourth-order valence-corrected chi connectivity index (χ4v) is 7.41. The molecule has 4 fully saturated rings. The van der Waals surface area contributed by atoms with Crippen molar-refractivity contribution in [1.29, 1.82) is 0 Å². The summed E-state index contributed by atoms with van der Waals surface area (Å²) < 4.78 is 123. The fraction of sp³-hybridized carbons (Fsp3) is 0.675. The number of morpholine rings is 2. The van der Waals surface area contributed by atoms with Crippen molar-refractivity contribution in [2.24, 2.45) is 0 Å². The van der Waals surface area contributed by atoms with Crippen LogP contribution in [0.4, 0.5) is 55.7 Å². The predicted molar refractivity (Wildman–Crippen MR) is 220 cm³/mol. The van der Waals surface area contributed by atoms with Gasteiger partial charge in [0.1, 0.15) is 6.10 Å². The van der Waals surface area contributed by atoms with Crippen LogP contribution in [0.5, 0.6) is 0 Å². The van der Waals surface area contributed by atoms with Crippen molar-refractivity contribution in [3.05, 3.63) is 57.6 Å². The van der Waals surface area contributed by atoms with Crippen LogP contribution >= 0.6 is 23.2 Å². The Labute approximate surface area is 366 Å². The molecule has 1 amide bonds. The lowest BCUT2D eigenvalue weighted by molar-refractivity contribution is -0.308. The maximum atomic E-state index is 12.7. The summed E-state index contributed by atoms with van der Waals surface area (Å²) in [5.74, 6) is 0. The Morgan fingerprint density at radius 1 is 0.742 bits per heavy atom. The molecule has 2 aromatic rings. The molecule has 0 radical (unpaired) electrons. The van der Waals surface area contributed by atoms with Crippen LogP contribution in [-0.2, 0) is 27.3 Å². The summed E-state index contributed by atoms with van der Waals surface area (Å²) in [4.78, 5) is 21.8. The van der Waals surface area contributed by atoms with Crippen LogP contribution in [0.15, 0.2) is 36.4 Å². The first kappa shape index (κ1) is 53.4. The van der Waals surface area contributed by atoms with E-state index >= 15 is 0 Å². The van der Waals surface area contributed by atoms with Gasteiger partial charge in [0.05, 0.1) is 26.4 Å². The Morgan fingerprint density at radius 3 is 1.55 bits per heavy atom. The number of carbonyl (C=O) groups excluding carboxylic acids is 1. The minimum atomic E-state index is -5.75. The lowest BCUT2D eigenvalue weighted by atomic mass is 10.1. The van der Waals surface area contributed by atoms with E-state index in [0.29, 0.717) is 37.7 Å². The van der Waals surface area contributed by atoms with Crippen molar-refractivity contribution >= 4 is 40.7 Å². The summed E-state index contributed by atoms with van der Waals surface area (Å²) in [6.45, 7) is 15.7. The normalized spacial score (nSPS) is 21.3. The molecule has 2 N–H and O–H groups in total. The summed E-state index contributed by atoms with van der Waals surface area (Å²) in [5.41, 5.74) is 4.23. The minimum absolute atomic E-state index is 0. The average Bonchev–Trinajstić information content (AvgIpc) is 3.18. The molecule has 0 saturated carbocycles. The SMILES string of the molecule is C.CC(O)C(F)(F)F.C[C@H]1CN(Cc2ccc(N3CCOCC3)cc2Cl)CCN1.C[C@H]1CN(Cc2ccc(N3CCOCC3)cc2Cl)CCN1C(=O)OC(C(F)(F)F)C(F)(F)F. The lowest BCUT2D eigenvalue weighted by Gasteiger charge is -2.40. The molecular weight excluding hydrogens is 886 g/mol. The van der Waals surface area contributed by atoms with Gasteiger partial charge in [-0.1, -0.05) is 42.8 Å². The molecule has 62 heavy (non-hydrogen) atoms.